The quantitative estimate of drug-likeness (QED) is 0.377. The summed E-state index contributed by atoms with van der Waals surface area (Å²) in [5, 5.41) is 11.7. The van der Waals surface area contributed by atoms with Crippen LogP contribution in [0.25, 0.3) is 11.3 Å². The molecule has 1 N–H and O–H groups in total. The van der Waals surface area contributed by atoms with Gasteiger partial charge in [0.2, 0.25) is 11.1 Å². The predicted octanol–water partition coefficient (Wildman–Crippen LogP) is 4.78. The zero-order valence-electron chi connectivity index (χ0n) is 18.4. The van der Waals surface area contributed by atoms with Crippen LogP contribution in [0.5, 0.6) is 0 Å². The fraction of sp³-hybridized carbons (Fsp3) is 0.333. The summed E-state index contributed by atoms with van der Waals surface area (Å²) in [6, 6.07) is 8.19. The molecule has 0 unspecified atom stereocenters. The van der Waals surface area contributed by atoms with Gasteiger partial charge in [-0.2, -0.15) is 0 Å². The Morgan fingerprint density at radius 3 is 2.50 bits per heavy atom. The van der Waals surface area contributed by atoms with Crippen LogP contribution in [0.4, 0.5) is 0 Å². The van der Waals surface area contributed by atoms with Crippen molar-refractivity contribution >= 4 is 17.7 Å². The minimum atomic E-state index is -0.0607. The van der Waals surface area contributed by atoms with Crippen molar-refractivity contribution < 1.29 is 4.79 Å². The molecule has 0 atom stereocenters. The molecule has 0 aliphatic rings. The summed E-state index contributed by atoms with van der Waals surface area (Å²) < 4.78 is 0. The molecule has 1 aromatic heterocycles. The van der Waals surface area contributed by atoms with E-state index in [9.17, 15) is 4.79 Å². The molecule has 158 valence electrons. The molecule has 0 saturated heterocycles. The van der Waals surface area contributed by atoms with E-state index in [0.29, 0.717) is 11.6 Å². The molecule has 5 nitrogen and oxygen atoms in total. The number of hydrogen-bond donors (Lipinski definition) is 1. The lowest BCUT2D eigenvalue weighted by atomic mass is 10.1. The van der Waals surface area contributed by atoms with E-state index < -0.39 is 0 Å². The van der Waals surface area contributed by atoms with Crippen LogP contribution in [-0.2, 0) is 11.2 Å². The Kier molecular flexibility index (Phi) is 11.8. The van der Waals surface area contributed by atoms with E-state index in [1.54, 1.807) is 14.0 Å². The topological polar surface area (TPSA) is 67.8 Å². The molecule has 0 aliphatic carbocycles. The monoisotopic (exact) mass is 422 g/mol. The lowest BCUT2D eigenvalue weighted by molar-refractivity contribution is -0.118. The molecule has 1 aromatic carbocycles. The summed E-state index contributed by atoms with van der Waals surface area (Å²) in [4.78, 5) is 16.1. The van der Waals surface area contributed by atoms with Crippen LogP contribution >= 0.6 is 11.8 Å². The standard InChI is InChI=1S/C21H26N4OS.C3H4/c1-5-15(2)8-6-7-9-18-20(17-12-10-16(3)11-13-17)24-25-21(23-18)27-14-19(26)22-4;1-3-2/h5-7,10-13H,8-9,14H2,1-4H3,(H,22,26);1H,2H3/b7-6-,15-5-;. The molecule has 1 heterocycles. The smallest absolute Gasteiger partial charge is 0.230 e. The number of rotatable bonds is 8. The molecule has 0 fully saturated rings. The van der Waals surface area contributed by atoms with E-state index >= 15 is 0 Å². The number of aryl methyl sites for hydroxylation is 1. The van der Waals surface area contributed by atoms with Crippen LogP contribution in [0.15, 0.2) is 53.2 Å². The van der Waals surface area contributed by atoms with Crippen molar-refractivity contribution in [2.75, 3.05) is 12.8 Å². The number of hydrogen-bond acceptors (Lipinski definition) is 5. The number of thioether (sulfide) groups is 1. The second-order valence-electron chi connectivity index (χ2n) is 6.52. The van der Waals surface area contributed by atoms with Gasteiger partial charge in [0, 0.05) is 19.0 Å². The van der Waals surface area contributed by atoms with Crippen LogP contribution in [-0.4, -0.2) is 33.9 Å². The van der Waals surface area contributed by atoms with Crippen molar-refractivity contribution in [1.29, 1.82) is 0 Å². The van der Waals surface area contributed by atoms with Crippen molar-refractivity contribution in [3.05, 3.63) is 59.3 Å². The van der Waals surface area contributed by atoms with E-state index in [0.717, 1.165) is 23.4 Å². The summed E-state index contributed by atoms with van der Waals surface area (Å²) in [5.41, 5.74) is 5.17. The average Bonchev–Trinajstić information content (AvgIpc) is 2.76. The SMILES string of the molecule is C#CC.C/C=C(/C)C/C=C\Cc1nc(SCC(=O)NC)nnc1-c1ccc(C)cc1. The number of benzene rings is 1. The van der Waals surface area contributed by atoms with E-state index in [4.69, 9.17) is 0 Å². The predicted molar refractivity (Wildman–Crippen MR) is 126 cm³/mol. The molecule has 6 heteroatoms. The molecule has 30 heavy (non-hydrogen) atoms. The third-order valence-corrected chi connectivity index (χ3v) is 4.92. The highest BCUT2D eigenvalue weighted by Gasteiger charge is 2.12. The zero-order valence-corrected chi connectivity index (χ0v) is 19.2. The Hall–Kier alpha value is -2.91. The minimum absolute atomic E-state index is 0.0607. The van der Waals surface area contributed by atoms with Crippen molar-refractivity contribution in [2.24, 2.45) is 0 Å². The molecule has 0 saturated carbocycles. The van der Waals surface area contributed by atoms with Crippen LogP contribution in [0, 0.1) is 19.3 Å². The molecular weight excluding hydrogens is 392 g/mol. The van der Waals surface area contributed by atoms with E-state index in [1.165, 1.54) is 22.9 Å². The van der Waals surface area contributed by atoms with Crippen LogP contribution in [0.1, 0.15) is 38.4 Å². The number of nitrogens with one attached hydrogen (secondary N) is 1. The second-order valence-corrected chi connectivity index (χ2v) is 7.46. The first-order chi connectivity index (χ1) is 14.4. The Bertz CT molecular complexity index is 912. The number of allylic oxidation sites excluding steroid dienone is 4. The van der Waals surface area contributed by atoms with Crippen molar-refractivity contribution in [3.8, 4) is 23.6 Å². The van der Waals surface area contributed by atoms with Gasteiger partial charge in [-0.3, -0.25) is 4.79 Å². The lowest BCUT2D eigenvalue weighted by Gasteiger charge is -2.08. The highest BCUT2D eigenvalue weighted by atomic mass is 32.2. The summed E-state index contributed by atoms with van der Waals surface area (Å²) >= 11 is 1.29. The number of amides is 1. The van der Waals surface area contributed by atoms with E-state index in [-0.39, 0.29) is 11.7 Å². The van der Waals surface area contributed by atoms with Crippen molar-refractivity contribution in [2.45, 2.75) is 45.7 Å². The first-order valence-electron chi connectivity index (χ1n) is 9.73. The van der Waals surface area contributed by atoms with Crippen LogP contribution in [0.2, 0.25) is 0 Å². The summed E-state index contributed by atoms with van der Waals surface area (Å²) in [6.45, 7) is 7.87. The van der Waals surface area contributed by atoms with Crippen molar-refractivity contribution in [3.63, 3.8) is 0 Å². The molecule has 0 radical (unpaired) electrons. The van der Waals surface area contributed by atoms with Crippen molar-refractivity contribution in [1.82, 2.24) is 20.5 Å². The Morgan fingerprint density at radius 2 is 1.90 bits per heavy atom. The third kappa shape index (κ3) is 9.06. The van der Waals surface area contributed by atoms with Gasteiger partial charge in [0.1, 0.15) is 5.69 Å². The molecule has 1 amide bonds. The number of aromatic nitrogens is 3. The maximum Gasteiger partial charge on any atom is 0.230 e. The Morgan fingerprint density at radius 1 is 1.23 bits per heavy atom. The number of nitrogens with zero attached hydrogens (tertiary/aromatic N) is 3. The van der Waals surface area contributed by atoms with Gasteiger partial charge in [0.15, 0.2) is 0 Å². The lowest BCUT2D eigenvalue weighted by Crippen LogP contribution is -2.20. The van der Waals surface area contributed by atoms with Gasteiger partial charge in [-0.25, -0.2) is 4.98 Å². The molecule has 0 aliphatic heterocycles. The normalized spacial score (nSPS) is 10.9. The fourth-order valence-electron chi connectivity index (χ4n) is 2.26. The first kappa shape index (κ1) is 25.1. The zero-order chi connectivity index (χ0) is 22.4. The van der Waals surface area contributed by atoms with Gasteiger partial charge in [0.05, 0.1) is 11.4 Å². The minimum Gasteiger partial charge on any atom is -0.358 e. The Balaban J connectivity index is 0.00000141. The summed E-state index contributed by atoms with van der Waals surface area (Å²) in [7, 11) is 1.62. The van der Waals surface area contributed by atoms with E-state index in [1.807, 2.05) is 19.1 Å². The van der Waals surface area contributed by atoms with Gasteiger partial charge >= 0.3 is 0 Å². The van der Waals surface area contributed by atoms with E-state index in [2.05, 4.69) is 77.1 Å². The summed E-state index contributed by atoms with van der Waals surface area (Å²) in [6.07, 6.45) is 12.6. The highest BCUT2D eigenvalue weighted by molar-refractivity contribution is 7.99. The van der Waals surface area contributed by atoms with Gasteiger partial charge < -0.3 is 5.32 Å². The third-order valence-electron chi connectivity index (χ3n) is 4.09. The first-order valence-corrected chi connectivity index (χ1v) is 10.7. The molecular formula is C24H30N4OS. The molecule has 0 spiro atoms. The molecule has 0 bridgehead atoms. The second kappa shape index (κ2) is 14.1. The van der Waals surface area contributed by atoms with Gasteiger partial charge in [-0.1, -0.05) is 65.4 Å². The highest BCUT2D eigenvalue weighted by Crippen LogP contribution is 2.23. The van der Waals surface area contributed by atoms with Gasteiger partial charge in [-0.15, -0.1) is 22.5 Å². The molecule has 2 aromatic rings. The van der Waals surface area contributed by atoms with Gasteiger partial charge in [-0.05, 0) is 34.1 Å². The maximum atomic E-state index is 11.5. The number of carbonyl (C=O) groups excluding carboxylic acids is 1. The average molecular weight is 423 g/mol. The molecule has 2 rings (SSSR count). The Labute approximate surface area is 184 Å². The maximum absolute atomic E-state index is 11.5. The number of carbonyl (C=O) groups is 1. The van der Waals surface area contributed by atoms with Crippen LogP contribution in [0.3, 0.4) is 0 Å². The fourth-order valence-corrected chi connectivity index (χ4v) is 2.94. The van der Waals surface area contributed by atoms with Crippen LogP contribution < -0.4 is 5.32 Å². The van der Waals surface area contributed by atoms with Gasteiger partial charge in [0.25, 0.3) is 0 Å². The number of terminal acetylenes is 1. The largest absolute Gasteiger partial charge is 0.358 e. The summed E-state index contributed by atoms with van der Waals surface area (Å²) in [5.74, 6) is 2.46.